The van der Waals surface area contributed by atoms with E-state index in [4.69, 9.17) is 0 Å². The van der Waals surface area contributed by atoms with Crippen molar-refractivity contribution in [2.45, 2.75) is 37.7 Å². The molecule has 22 heavy (non-hydrogen) atoms. The highest BCUT2D eigenvalue weighted by Gasteiger charge is 2.36. The second-order valence-corrected chi connectivity index (χ2v) is 7.20. The maximum atomic E-state index is 10.9. The van der Waals surface area contributed by atoms with Gasteiger partial charge in [0.2, 0.25) is 0 Å². The standard InChI is InChI=1S/C19H30N2O/c1-20-13-17(14-21-11-7-2-3-8-12-21)19(22)18(15-20)16-9-5-4-6-10-16/h4-6,9-10,17-19,22H,2-3,7-8,11-15H2,1H3/t17-,18+,19+/m1/s1. The molecular formula is C19H30N2O. The fourth-order valence-electron chi connectivity index (χ4n) is 4.17. The molecule has 0 aromatic heterocycles. The van der Waals surface area contributed by atoms with Gasteiger partial charge < -0.3 is 14.9 Å². The van der Waals surface area contributed by atoms with Crippen LogP contribution >= 0.6 is 0 Å². The number of likely N-dealkylation sites (tertiary alicyclic amines) is 2. The minimum absolute atomic E-state index is 0.221. The van der Waals surface area contributed by atoms with Crippen LogP contribution in [-0.4, -0.2) is 60.8 Å². The largest absolute Gasteiger partial charge is 0.392 e. The lowest BCUT2D eigenvalue weighted by atomic mass is 9.81. The van der Waals surface area contributed by atoms with Crippen LogP contribution in [0.2, 0.25) is 0 Å². The van der Waals surface area contributed by atoms with Crippen molar-refractivity contribution in [3.05, 3.63) is 35.9 Å². The number of benzene rings is 1. The highest BCUT2D eigenvalue weighted by atomic mass is 16.3. The van der Waals surface area contributed by atoms with E-state index in [1.165, 1.54) is 44.3 Å². The molecule has 2 fully saturated rings. The molecule has 3 atom stereocenters. The monoisotopic (exact) mass is 302 g/mol. The van der Waals surface area contributed by atoms with Crippen LogP contribution < -0.4 is 0 Å². The molecular weight excluding hydrogens is 272 g/mol. The van der Waals surface area contributed by atoms with Crippen LogP contribution in [0, 0.1) is 5.92 Å². The van der Waals surface area contributed by atoms with Crippen molar-refractivity contribution in [1.82, 2.24) is 9.80 Å². The smallest absolute Gasteiger partial charge is 0.0673 e. The van der Waals surface area contributed by atoms with Crippen LogP contribution in [0.3, 0.4) is 0 Å². The summed E-state index contributed by atoms with van der Waals surface area (Å²) in [5.74, 6) is 0.610. The molecule has 1 N–H and O–H groups in total. The fraction of sp³-hybridized carbons (Fsp3) is 0.684. The van der Waals surface area contributed by atoms with Crippen LogP contribution in [0.25, 0.3) is 0 Å². The molecule has 2 aliphatic rings. The Bertz CT molecular complexity index is 442. The van der Waals surface area contributed by atoms with Crippen molar-refractivity contribution in [1.29, 1.82) is 0 Å². The van der Waals surface area contributed by atoms with Crippen molar-refractivity contribution < 1.29 is 5.11 Å². The minimum Gasteiger partial charge on any atom is -0.392 e. The quantitative estimate of drug-likeness (QED) is 0.929. The summed E-state index contributed by atoms with van der Waals surface area (Å²) in [5.41, 5.74) is 1.28. The molecule has 1 aromatic carbocycles. The summed E-state index contributed by atoms with van der Waals surface area (Å²) < 4.78 is 0. The van der Waals surface area contributed by atoms with Crippen molar-refractivity contribution in [2.24, 2.45) is 5.92 Å². The third kappa shape index (κ3) is 3.89. The molecule has 3 rings (SSSR count). The Morgan fingerprint density at radius 1 is 1.00 bits per heavy atom. The number of hydrogen-bond acceptors (Lipinski definition) is 3. The molecule has 0 unspecified atom stereocenters. The second-order valence-electron chi connectivity index (χ2n) is 7.20. The van der Waals surface area contributed by atoms with E-state index >= 15 is 0 Å². The van der Waals surface area contributed by atoms with E-state index in [0.717, 1.165) is 19.6 Å². The molecule has 0 bridgehead atoms. The van der Waals surface area contributed by atoms with Gasteiger partial charge in [-0.2, -0.15) is 0 Å². The predicted molar refractivity (Wildman–Crippen MR) is 91.1 cm³/mol. The summed E-state index contributed by atoms with van der Waals surface area (Å²) in [6.07, 6.45) is 5.16. The van der Waals surface area contributed by atoms with Gasteiger partial charge in [-0.1, -0.05) is 43.2 Å². The van der Waals surface area contributed by atoms with Crippen LogP contribution in [0.5, 0.6) is 0 Å². The van der Waals surface area contributed by atoms with Crippen molar-refractivity contribution in [3.8, 4) is 0 Å². The van der Waals surface area contributed by atoms with E-state index < -0.39 is 0 Å². The first kappa shape index (κ1) is 16.0. The summed E-state index contributed by atoms with van der Waals surface area (Å²) in [7, 11) is 2.19. The maximum absolute atomic E-state index is 10.9. The van der Waals surface area contributed by atoms with Gasteiger partial charge in [-0.05, 0) is 38.5 Å². The number of hydrogen-bond donors (Lipinski definition) is 1. The first-order valence-corrected chi connectivity index (χ1v) is 8.88. The number of aliphatic hydroxyl groups is 1. The van der Waals surface area contributed by atoms with Crippen LogP contribution in [-0.2, 0) is 0 Å². The van der Waals surface area contributed by atoms with Crippen molar-refractivity contribution in [2.75, 3.05) is 39.8 Å². The van der Waals surface area contributed by atoms with Crippen molar-refractivity contribution in [3.63, 3.8) is 0 Å². The molecule has 0 amide bonds. The summed E-state index contributed by atoms with van der Waals surface area (Å²) in [5, 5.41) is 10.9. The zero-order chi connectivity index (χ0) is 15.4. The van der Waals surface area contributed by atoms with Crippen LogP contribution in [0.1, 0.15) is 37.2 Å². The van der Waals surface area contributed by atoms with E-state index in [2.05, 4.69) is 47.2 Å². The molecule has 2 heterocycles. The van der Waals surface area contributed by atoms with Gasteiger partial charge in [0, 0.05) is 31.5 Å². The first-order chi connectivity index (χ1) is 10.7. The average Bonchev–Trinajstić information content (AvgIpc) is 2.80. The van der Waals surface area contributed by atoms with Gasteiger partial charge >= 0.3 is 0 Å². The fourth-order valence-corrected chi connectivity index (χ4v) is 4.17. The molecule has 3 heteroatoms. The molecule has 0 aliphatic carbocycles. The molecule has 0 radical (unpaired) electrons. The predicted octanol–water partition coefficient (Wildman–Crippen LogP) is 2.57. The van der Waals surface area contributed by atoms with E-state index in [9.17, 15) is 5.11 Å². The third-order valence-corrected chi connectivity index (χ3v) is 5.37. The Morgan fingerprint density at radius 3 is 2.36 bits per heavy atom. The van der Waals surface area contributed by atoms with Gasteiger partial charge in [-0.25, -0.2) is 0 Å². The van der Waals surface area contributed by atoms with Gasteiger partial charge in [0.15, 0.2) is 0 Å². The summed E-state index contributed by atoms with van der Waals surface area (Å²) in [6.45, 7) is 5.45. The lowest BCUT2D eigenvalue weighted by Crippen LogP contribution is -2.50. The lowest BCUT2D eigenvalue weighted by molar-refractivity contribution is 0.000515. The lowest BCUT2D eigenvalue weighted by Gasteiger charge is -2.42. The van der Waals surface area contributed by atoms with E-state index in [0.29, 0.717) is 5.92 Å². The number of piperidine rings is 1. The molecule has 0 spiro atoms. The Labute approximate surface area is 134 Å². The summed E-state index contributed by atoms with van der Waals surface area (Å²) >= 11 is 0. The van der Waals surface area contributed by atoms with Gasteiger partial charge in [0.05, 0.1) is 6.10 Å². The number of likely N-dealkylation sites (N-methyl/N-ethyl adjacent to an activating group) is 1. The zero-order valence-corrected chi connectivity index (χ0v) is 13.8. The van der Waals surface area contributed by atoms with Crippen LogP contribution in [0.15, 0.2) is 30.3 Å². The summed E-state index contributed by atoms with van der Waals surface area (Å²) in [4.78, 5) is 4.98. The number of aliphatic hydroxyl groups excluding tert-OH is 1. The van der Waals surface area contributed by atoms with Gasteiger partial charge in [0.1, 0.15) is 0 Å². The minimum atomic E-state index is -0.221. The first-order valence-electron chi connectivity index (χ1n) is 8.88. The van der Waals surface area contributed by atoms with E-state index in [1.54, 1.807) is 0 Å². The molecule has 122 valence electrons. The number of nitrogens with zero attached hydrogens (tertiary/aromatic N) is 2. The zero-order valence-electron chi connectivity index (χ0n) is 13.8. The van der Waals surface area contributed by atoms with Crippen molar-refractivity contribution >= 4 is 0 Å². The Kier molecular flexibility index (Phi) is 5.51. The molecule has 1 aromatic rings. The molecule has 2 aliphatic heterocycles. The average molecular weight is 302 g/mol. The maximum Gasteiger partial charge on any atom is 0.0673 e. The SMILES string of the molecule is CN1C[C@H](CN2CCCCCC2)[C@H](O)[C@H](c2ccccc2)C1. The highest BCUT2D eigenvalue weighted by molar-refractivity contribution is 5.22. The van der Waals surface area contributed by atoms with E-state index in [1.807, 2.05) is 0 Å². The van der Waals surface area contributed by atoms with Gasteiger partial charge in [-0.3, -0.25) is 0 Å². The Balaban J connectivity index is 1.68. The molecule has 3 nitrogen and oxygen atoms in total. The summed E-state index contributed by atoms with van der Waals surface area (Å²) in [6, 6.07) is 10.5. The van der Waals surface area contributed by atoms with Crippen LogP contribution in [0.4, 0.5) is 0 Å². The second kappa shape index (κ2) is 7.58. The normalized spacial score (nSPS) is 31.8. The molecule has 0 saturated carbocycles. The third-order valence-electron chi connectivity index (χ3n) is 5.37. The Hall–Kier alpha value is -0.900. The molecule has 2 saturated heterocycles. The van der Waals surface area contributed by atoms with Gasteiger partial charge in [0.25, 0.3) is 0 Å². The highest BCUT2D eigenvalue weighted by Crippen LogP contribution is 2.31. The topological polar surface area (TPSA) is 26.7 Å². The Morgan fingerprint density at radius 2 is 1.68 bits per heavy atom. The van der Waals surface area contributed by atoms with E-state index in [-0.39, 0.29) is 12.0 Å². The number of rotatable bonds is 3. The van der Waals surface area contributed by atoms with Gasteiger partial charge in [-0.15, -0.1) is 0 Å².